The molecule has 2 aromatic carbocycles. The van der Waals surface area contributed by atoms with Gasteiger partial charge >= 0.3 is 0 Å². The maximum atomic E-state index is 12.4. The Morgan fingerprint density at radius 2 is 1.57 bits per heavy atom. The number of likely N-dealkylation sites (N-methyl/N-ethyl adjacent to an activating group) is 1. The fraction of sp³-hybridized carbons (Fsp3) is 0.167. The number of carbonyl (C=O) groups is 1. The summed E-state index contributed by atoms with van der Waals surface area (Å²) in [4.78, 5) is 11.3. The minimum absolute atomic E-state index is 0.346. The van der Waals surface area contributed by atoms with Crippen LogP contribution in [0.3, 0.4) is 0 Å². The van der Waals surface area contributed by atoms with E-state index in [0.717, 1.165) is 20.8 Å². The molecule has 0 aromatic heterocycles. The topological polar surface area (TPSA) is 54.5 Å². The Morgan fingerprint density at radius 1 is 1.00 bits per heavy atom. The van der Waals surface area contributed by atoms with Gasteiger partial charge in [-0.05, 0) is 23.6 Å². The van der Waals surface area contributed by atoms with E-state index in [1.54, 1.807) is 0 Å². The van der Waals surface area contributed by atoms with Gasteiger partial charge in [-0.15, -0.1) is 0 Å². The smallest absolute Gasteiger partial charge is 0.236 e. The number of rotatable bonds is 7. The van der Waals surface area contributed by atoms with Crippen molar-refractivity contribution in [3.63, 3.8) is 0 Å². The zero-order valence-electron chi connectivity index (χ0n) is 12.9. The number of carbonyl (C=O) groups excluding carboxylic acids is 1. The van der Waals surface area contributed by atoms with Crippen LogP contribution in [0, 0.1) is 0 Å². The summed E-state index contributed by atoms with van der Waals surface area (Å²) in [6.07, 6.45) is 2.54. The molecule has 0 aliphatic rings. The van der Waals surface area contributed by atoms with Gasteiger partial charge in [0, 0.05) is 12.5 Å². The second kappa shape index (κ2) is 7.85. The van der Waals surface area contributed by atoms with E-state index in [4.69, 9.17) is 0 Å². The first-order valence-corrected chi connectivity index (χ1v) is 8.73. The Morgan fingerprint density at radius 3 is 2.13 bits per heavy atom. The maximum Gasteiger partial charge on any atom is 0.236 e. The minimum atomic E-state index is -3.67. The summed E-state index contributed by atoms with van der Waals surface area (Å²) in [5, 5.41) is 1.13. The predicted molar refractivity (Wildman–Crippen MR) is 92.2 cm³/mol. The zero-order chi connectivity index (χ0) is 16.7. The third-order valence-electron chi connectivity index (χ3n) is 3.55. The van der Waals surface area contributed by atoms with E-state index < -0.39 is 16.1 Å². The highest BCUT2D eigenvalue weighted by Gasteiger charge is 2.24. The van der Waals surface area contributed by atoms with E-state index >= 15 is 0 Å². The number of nitrogens with zero attached hydrogens (tertiary/aromatic N) is 1. The Labute approximate surface area is 137 Å². The van der Waals surface area contributed by atoms with Crippen LogP contribution >= 0.6 is 0 Å². The van der Waals surface area contributed by atoms with Crippen LogP contribution in [0.4, 0.5) is 0 Å². The van der Waals surface area contributed by atoms with Gasteiger partial charge in [-0.3, -0.25) is 0 Å². The van der Waals surface area contributed by atoms with Gasteiger partial charge in [-0.1, -0.05) is 60.7 Å². The summed E-state index contributed by atoms with van der Waals surface area (Å²) in [6.45, 7) is 0. The first-order chi connectivity index (χ1) is 11.0. The molecule has 0 aliphatic carbocycles. The fourth-order valence-electron chi connectivity index (χ4n) is 2.13. The highest BCUT2D eigenvalue weighted by molar-refractivity contribution is 7.92. The summed E-state index contributed by atoms with van der Waals surface area (Å²) in [5.41, 5.74) is 1.70. The van der Waals surface area contributed by atoms with Crippen LogP contribution in [0.25, 0.3) is 6.08 Å². The highest BCUT2D eigenvalue weighted by atomic mass is 32.2. The van der Waals surface area contributed by atoms with Crippen molar-refractivity contribution in [2.24, 2.45) is 0 Å². The number of hydrogen-bond donors (Lipinski definition) is 0. The molecule has 2 aromatic rings. The van der Waals surface area contributed by atoms with Gasteiger partial charge < -0.3 is 4.79 Å². The molecule has 0 saturated heterocycles. The molecule has 0 amide bonds. The molecule has 0 heterocycles. The monoisotopic (exact) mass is 329 g/mol. The number of hydrogen-bond acceptors (Lipinski definition) is 3. The summed E-state index contributed by atoms with van der Waals surface area (Å²) in [7, 11) is -2.25. The lowest BCUT2D eigenvalue weighted by atomic mass is 10.1. The molecule has 2 rings (SSSR count). The van der Waals surface area contributed by atoms with Crippen LogP contribution in [-0.2, 0) is 21.2 Å². The molecule has 0 fully saturated rings. The van der Waals surface area contributed by atoms with Crippen LogP contribution in [0.5, 0.6) is 0 Å². The normalized spacial score (nSPS) is 13.3. The minimum Gasteiger partial charge on any atom is -0.302 e. The first-order valence-electron chi connectivity index (χ1n) is 7.23. The van der Waals surface area contributed by atoms with Gasteiger partial charge in [0.25, 0.3) is 0 Å². The largest absolute Gasteiger partial charge is 0.302 e. The maximum absolute atomic E-state index is 12.4. The zero-order valence-corrected chi connectivity index (χ0v) is 13.7. The molecule has 0 bridgehead atoms. The standard InChI is InChI=1S/C18H19NO3S/c1-19(18(15-20)14-17-10-6-3-7-11-17)23(21,22)13-12-16-8-4-2-5-9-16/h2-13,15,18H,14H2,1H3/b13-12+. The van der Waals surface area contributed by atoms with Gasteiger partial charge in [0.1, 0.15) is 6.29 Å². The fourth-order valence-corrected chi connectivity index (χ4v) is 3.15. The summed E-state index contributed by atoms with van der Waals surface area (Å²) in [5.74, 6) is 0. The van der Waals surface area contributed by atoms with Crippen molar-refractivity contribution < 1.29 is 13.2 Å². The van der Waals surface area contributed by atoms with Crippen LogP contribution in [0.2, 0.25) is 0 Å². The molecule has 1 atom stereocenters. The second-order valence-corrected chi connectivity index (χ2v) is 7.05. The van der Waals surface area contributed by atoms with Gasteiger partial charge in [0.2, 0.25) is 10.0 Å². The SMILES string of the molecule is CN(C(C=O)Cc1ccccc1)S(=O)(=O)/C=C/c1ccccc1. The molecule has 5 heteroatoms. The van der Waals surface area contributed by atoms with Crippen molar-refractivity contribution in [2.75, 3.05) is 7.05 Å². The molecule has 23 heavy (non-hydrogen) atoms. The lowest BCUT2D eigenvalue weighted by Gasteiger charge is -2.21. The molecule has 120 valence electrons. The average molecular weight is 329 g/mol. The number of aldehydes is 1. The summed E-state index contributed by atoms with van der Waals surface area (Å²) >= 11 is 0. The van der Waals surface area contributed by atoms with Crippen LogP contribution < -0.4 is 0 Å². The van der Waals surface area contributed by atoms with Crippen molar-refractivity contribution in [3.05, 3.63) is 77.2 Å². The van der Waals surface area contributed by atoms with E-state index in [2.05, 4.69) is 0 Å². The molecule has 4 nitrogen and oxygen atoms in total. The van der Waals surface area contributed by atoms with Crippen LogP contribution in [0.1, 0.15) is 11.1 Å². The quantitative estimate of drug-likeness (QED) is 0.734. The average Bonchev–Trinajstić information content (AvgIpc) is 2.59. The molecular weight excluding hydrogens is 310 g/mol. The van der Waals surface area contributed by atoms with Crippen LogP contribution in [0.15, 0.2) is 66.1 Å². The van der Waals surface area contributed by atoms with E-state index in [-0.39, 0.29) is 0 Å². The summed E-state index contributed by atoms with van der Waals surface area (Å²) < 4.78 is 25.9. The first kappa shape index (κ1) is 17.1. The Bertz CT molecular complexity index is 755. The van der Waals surface area contributed by atoms with Gasteiger partial charge in [0.15, 0.2) is 0 Å². The van der Waals surface area contributed by atoms with Crippen molar-refractivity contribution in [1.82, 2.24) is 4.31 Å². The third kappa shape index (κ3) is 4.87. The molecule has 0 N–H and O–H groups in total. The molecule has 1 unspecified atom stereocenters. The van der Waals surface area contributed by atoms with Gasteiger partial charge in [0.05, 0.1) is 6.04 Å². The van der Waals surface area contributed by atoms with Crippen molar-refractivity contribution in [1.29, 1.82) is 0 Å². The Hall–Kier alpha value is -2.24. The Kier molecular flexibility index (Phi) is 5.84. The number of sulfonamides is 1. The molecule has 0 saturated carbocycles. The van der Waals surface area contributed by atoms with E-state index in [0.29, 0.717) is 12.7 Å². The van der Waals surface area contributed by atoms with E-state index in [1.807, 2.05) is 60.7 Å². The van der Waals surface area contributed by atoms with Crippen LogP contribution in [-0.4, -0.2) is 32.1 Å². The predicted octanol–water partition coefficient (Wildman–Crippen LogP) is 2.73. The second-order valence-electron chi connectivity index (χ2n) is 5.17. The lowest BCUT2D eigenvalue weighted by Crippen LogP contribution is -2.38. The van der Waals surface area contributed by atoms with Crippen molar-refractivity contribution in [3.8, 4) is 0 Å². The third-order valence-corrected chi connectivity index (χ3v) is 5.10. The molecular formula is C18H19NO3S. The number of benzene rings is 2. The Balaban J connectivity index is 2.14. The van der Waals surface area contributed by atoms with E-state index in [1.165, 1.54) is 13.1 Å². The molecule has 0 spiro atoms. The van der Waals surface area contributed by atoms with Gasteiger partial charge in [-0.2, -0.15) is 4.31 Å². The van der Waals surface area contributed by atoms with Crippen molar-refractivity contribution in [2.45, 2.75) is 12.5 Å². The lowest BCUT2D eigenvalue weighted by molar-refractivity contribution is -0.110. The summed E-state index contributed by atoms with van der Waals surface area (Å²) in [6, 6.07) is 17.8. The van der Waals surface area contributed by atoms with Gasteiger partial charge in [-0.25, -0.2) is 8.42 Å². The highest BCUT2D eigenvalue weighted by Crippen LogP contribution is 2.12. The molecule has 0 radical (unpaired) electrons. The molecule has 0 aliphatic heterocycles. The van der Waals surface area contributed by atoms with Crippen molar-refractivity contribution >= 4 is 22.4 Å². The van der Waals surface area contributed by atoms with E-state index in [9.17, 15) is 13.2 Å².